The zero-order chi connectivity index (χ0) is 15.9. The van der Waals surface area contributed by atoms with E-state index in [1.165, 1.54) is 19.2 Å². The van der Waals surface area contributed by atoms with Crippen LogP contribution in [0.2, 0.25) is 0 Å². The smallest absolute Gasteiger partial charge is 0.347 e. The first kappa shape index (κ1) is 13.6. The van der Waals surface area contributed by atoms with Gasteiger partial charge in [0.15, 0.2) is 17.1 Å². The summed E-state index contributed by atoms with van der Waals surface area (Å²) >= 11 is 0. The molecule has 0 aliphatic rings. The molecular formula is C13H10N4O5. The number of benzene rings is 1. The van der Waals surface area contributed by atoms with E-state index < -0.39 is 16.9 Å². The van der Waals surface area contributed by atoms with Gasteiger partial charge in [-0.05, 0) is 18.2 Å². The number of hydrogen-bond acceptors (Lipinski definition) is 6. The molecule has 9 nitrogen and oxygen atoms in total. The number of hydrogen-bond donors (Lipinski definition) is 4. The first-order valence-corrected chi connectivity index (χ1v) is 6.13. The minimum absolute atomic E-state index is 0.00349. The van der Waals surface area contributed by atoms with Gasteiger partial charge in [-0.2, -0.15) is 4.98 Å². The maximum absolute atomic E-state index is 12.0. The fourth-order valence-electron chi connectivity index (χ4n) is 2.15. The maximum atomic E-state index is 12.0. The molecule has 2 aromatic heterocycles. The minimum Gasteiger partial charge on any atom is -0.504 e. The third-order valence-corrected chi connectivity index (χ3v) is 3.09. The second-order valence-electron chi connectivity index (χ2n) is 4.44. The Morgan fingerprint density at radius 3 is 2.59 bits per heavy atom. The molecule has 0 spiro atoms. The van der Waals surface area contributed by atoms with Gasteiger partial charge in [-0.25, -0.2) is 9.59 Å². The second-order valence-corrected chi connectivity index (χ2v) is 4.44. The number of phenols is 1. The van der Waals surface area contributed by atoms with Crippen molar-refractivity contribution in [1.82, 2.24) is 19.9 Å². The molecule has 112 valence electrons. The molecule has 3 aromatic rings. The van der Waals surface area contributed by atoms with E-state index in [1.54, 1.807) is 6.07 Å². The van der Waals surface area contributed by atoms with E-state index in [4.69, 9.17) is 4.74 Å². The van der Waals surface area contributed by atoms with E-state index in [0.29, 0.717) is 5.56 Å². The summed E-state index contributed by atoms with van der Waals surface area (Å²) in [6.07, 6.45) is 0. The highest BCUT2D eigenvalue weighted by Crippen LogP contribution is 2.31. The lowest BCUT2D eigenvalue weighted by Crippen LogP contribution is -2.26. The zero-order valence-corrected chi connectivity index (χ0v) is 11.3. The van der Waals surface area contributed by atoms with Gasteiger partial charge >= 0.3 is 11.4 Å². The van der Waals surface area contributed by atoms with Gasteiger partial charge < -0.3 is 14.8 Å². The van der Waals surface area contributed by atoms with Crippen LogP contribution >= 0.6 is 0 Å². The van der Waals surface area contributed by atoms with Gasteiger partial charge in [-0.1, -0.05) is 0 Å². The van der Waals surface area contributed by atoms with Gasteiger partial charge in [-0.15, -0.1) is 0 Å². The number of nitrogens with one attached hydrogen (secondary N) is 3. The molecule has 1 aromatic carbocycles. The van der Waals surface area contributed by atoms with Crippen molar-refractivity contribution < 1.29 is 9.84 Å². The summed E-state index contributed by atoms with van der Waals surface area (Å²) < 4.78 is 4.94. The van der Waals surface area contributed by atoms with E-state index in [2.05, 4.69) is 19.9 Å². The van der Waals surface area contributed by atoms with Crippen LogP contribution in [-0.2, 0) is 0 Å². The Morgan fingerprint density at radius 1 is 1.14 bits per heavy atom. The summed E-state index contributed by atoms with van der Waals surface area (Å²) in [5.74, 6) is 0.0819. The molecule has 0 saturated heterocycles. The summed E-state index contributed by atoms with van der Waals surface area (Å²) in [5.41, 5.74) is -1.85. The van der Waals surface area contributed by atoms with E-state index in [1.807, 2.05) is 0 Å². The molecule has 0 saturated carbocycles. The monoisotopic (exact) mass is 302 g/mol. The molecule has 0 fully saturated rings. The molecule has 22 heavy (non-hydrogen) atoms. The molecule has 3 rings (SSSR count). The van der Waals surface area contributed by atoms with Gasteiger partial charge in [0.05, 0.1) is 12.8 Å². The highest BCUT2D eigenvalue weighted by molar-refractivity contribution is 5.89. The molecule has 4 N–H and O–H groups in total. The molecule has 2 heterocycles. The zero-order valence-electron chi connectivity index (χ0n) is 11.3. The maximum Gasteiger partial charge on any atom is 0.347 e. The number of nitrogens with zero attached hydrogens (tertiary/aromatic N) is 1. The van der Waals surface area contributed by atoms with Crippen molar-refractivity contribution in [2.45, 2.75) is 0 Å². The topological polar surface area (TPSA) is 141 Å². The molecule has 0 amide bonds. The lowest BCUT2D eigenvalue weighted by atomic mass is 10.1. The predicted molar refractivity (Wildman–Crippen MR) is 77.3 cm³/mol. The highest BCUT2D eigenvalue weighted by Gasteiger charge is 2.13. The van der Waals surface area contributed by atoms with Crippen molar-refractivity contribution in [2.75, 3.05) is 7.11 Å². The van der Waals surface area contributed by atoms with E-state index in [0.717, 1.165) is 0 Å². The van der Waals surface area contributed by atoms with Crippen molar-refractivity contribution in [1.29, 1.82) is 0 Å². The fraction of sp³-hybridized carbons (Fsp3) is 0.0769. The number of rotatable bonds is 2. The average Bonchev–Trinajstić information content (AvgIpc) is 2.45. The van der Waals surface area contributed by atoms with Crippen molar-refractivity contribution >= 4 is 11.0 Å². The summed E-state index contributed by atoms with van der Waals surface area (Å²) in [4.78, 5) is 45.2. The molecule has 0 radical (unpaired) electrons. The molecule has 0 aliphatic carbocycles. The number of methoxy groups -OCH3 is 1. The van der Waals surface area contributed by atoms with Crippen LogP contribution < -0.4 is 21.7 Å². The minimum atomic E-state index is -0.765. The number of fused-ring (bicyclic) bond motifs is 1. The Balaban J connectivity index is 2.40. The Bertz CT molecular complexity index is 1040. The number of aromatic nitrogens is 4. The Labute approximate surface area is 121 Å². The summed E-state index contributed by atoms with van der Waals surface area (Å²) in [5, 5.41) is 9.83. The van der Waals surface area contributed by atoms with Crippen molar-refractivity contribution in [3.05, 3.63) is 49.5 Å². The predicted octanol–water partition coefficient (Wildman–Crippen LogP) is -0.319. The fourth-order valence-corrected chi connectivity index (χ4v) is 2.15. The molecule has 0 bridgehead atoms. The third kappa shape index (κ3) is 2.14. The Hall–Kier alpha value is -3.36. The molecule has 9 heteroatoms. The number of aromatic hydroxyl groups is 1. The lowest BCUT2D eigenvalue weighted by molar-refractivity contribution is 0.373. The third-order valence-electron chi connectivity index (χ3n) is 3.09. The van der Waals surface area contributed by atoms with Gasteiger partial charge in [0.25, 0.3) is 5.56 Å². The van der Waals surface area contributed by atoms with Crippen LogP contribution in [-0.4, -0.2) is 32.2 Å². The Kier molecular flexibility index (Phi) is 3.02. The van der Waals surface area contributed by atoms with Gasteiger partial charge in [0, 0.05) is 5.56 Å². The van der Waals surface area contributed by atoms with Crippen LogP contribution in [0, 0.1) is 0 Å². The molecule has 0 unspecified atom stereocenters. The summed E-state index contributed by atoms with van der Waals surface area (Å²) in [6.45, 7) is 0. The lowest BCUT2D eigenvalue weighted by Gasteiger charge is -2.07. The number of aromatic amines is 3. The second kappa shape index (κ2) is 4.88. The van der Waals surface area contributed by atoms with Crippen LogP contribution in [0.15, 0.2) is 32.6 Å². The number of H-pyrrole nitrogens is 3. The first-order chi connectivity index (χ1) is 10.5. The van der Waals surface area contributed by atoms with E-state index in [9.17, 15) is 19.5 Å². The quantitative estimate of drug-likeness (QED) is 0.511. The molecular weight excluding hydrogens is 292 g/mol. The Morgan fingerprint density at radius 2 is 1.91 bits per heavy atom. The average molecular weight is 302 g/mol. The van der Waals surface area contributed by atoms with Crippen LogP contribution in [0.25, 0.3) is 22.3 Å². The SMILES string of the molecule is COc1ccc(-c2[nH]c(=O)nc3[nH]c(=O)[nH]c(=O)c23)cc1O. The van der Waals surface area contributed by atoms with E-state index >= 15 is 0 Å². The standard InChI is InChI=1S/C13H10N4O5/c1-22-7-3-2-5(4-6(7)18)9-8-10(15-12(20)14-9)16-13(21)17-11(8)19/h2-4,18H,1H3,(H3,14,15,16,17,19,20,21). The number of phenolic OH excluding ortho intramolecular Hbond substituents is 1. The van der Waals surface area contributed by atoms with Gasteiger partial charge in [-0.3, -0.25) is 14.8 Å². The largest absolute Gasteiger partial charge is 0.504 e. The van der Waals surface area contributed by atoms with Crippen LogP contribution in [0.4, 0.5) is 0 Å². The van der Waals surface area contributed by atoms with Crippen LogP contribution in [0.5, 0.6) is 11.5 Å². The van der Waals surface area contributed by atoms with Crippen molar-refractivity contribution in [2.24, 2.45) is 0 Å². The number of ether oxygens (including phenoxy) is 1. The summed E-state index contributed by atoms with van der Waals surface area (Å²) in [6, 6.07) is 4.36. The first-order valence-electron chi connectivity index (χ1n) is 6.13. The van der Waals surface area contributed by atoms with Crippen molar-refractivity contribution in [3.63, 3.8) is 0 Å². The van der Waals surface area contributed by atoms with Crippen LogP contribution in [0.1, 0.15) is 0 Å². The normalized spacial score (nSPS) is 10.8. The van der Waals surface area contributed by atoms with Gasteiger partial charge in [0.1, 0.15) is 5.39 Å². The highest BCUT2D eigenvalue weighted by atomic mass is 16.5. The van der Waals surface area contributed by atoms with Crippen molar-refractivity contribution in [3.8, 4) is 22.8 Å². The molecule has 0 aliphatic heterocycles. The van der Waals surface area contributed by atoms with E-state index in [-0.39, 0.29) is 28.2 Å². The summed E-state index contributed by atoms with van der Waals surface area (Å²) in [7, 11) is 1.40. The molecule has 0 atom stereocenters. The van der Waals surface area contributed by atoms with Crippen LogP contribution in [0.3, 0.4) is 0 Å². The van der Waals surface area contributed by atoms with Gasteiger partial charge in [0.2, 0.25) is 0 Å².